The summed E-state index contributed by atoms with van der Waals surface area (Å²) in [6.45, 7) is -2.91. The molecule has 0 unspecified atom stereocenters. The fraction of sp³-hybridized carbons (Fsp3) is 0.176. The predicted molar refractivity (Wildman–Crippen MR) is 92.7 cm³/mol. The van der Waals surface area contributed by atoms with Crippen molar-refractivity contribution in [2.24, 2.45) is 0 Å². The highest BCUT2D eigenvalue weighted by molar-refractivity contribution is 8.11. The molecule has 0 aliphatic carbocycles. The number of halogens is 1. The second-order valence-electron chi connectivity index (χ2n) is 4.76. The Balaban J connectivity index is 2.70. The van der Waals surface area contributed by atoms with Gasteiger partial charge in [-0.05, 0) is 24.3 Å². The number of rotatable bonds is 5. The summed E-state index contributed by atoms with van der Waals surface area (Å²) in [5.41, 5.74) is -1.22. The molecule has 0 fully saturated rings. The Morgan fingerprint density at radius 1 is 0.826 bits per heavy atom. The van der Waals surface area contributed by atoms with E-state index in [-0.39, 0.29) is 0 Å². The van der Waals surface area contributed by atoms with Gasteiger partial charge in [0.05, 0.1) is 25.5 Å². The molecule has 2 rings (SSSR count). The minimum atomic E-state index is -2.91. The van der Waals surface area contributed by atoms with Crippen molar-refractivity contribution >= 4 is 40.4 Å². The molecule has 0 heterocycles. The minimum absolute atomic E-state index is 0.701. The molecule has 0 bridgehead atoms. The van der Waals surface area contributed by atoms with E-state index in [2.05, 4.69) is 0 Å². The highest BCUT2D eigenvalue weighted by Gasteiger charge is 2.59. The van der Waals surface area contributed by atoms with Crippen molar-refractivity contribution in [1.82, 2.24) is 0 Å². The van der Waals surface area contributed by atoms with E-state index >= 15 is 0 Å². The van der Waals surface area contributed by atoms with Gasteiger partial charge in [0.25, 0.3) is 5.66 Å². The molecule has 0 aliphatic heterocycles. The van der Waals surface area contributed by atoms with E-state index in [1.807, 2.05) is 60.7 Å². The highest BCUT2D eigenvalue weighted by atomic mass is 35.7. The van der Waals surface area contributed by atoms with Gasteiger partial charge >= 0.3 is 11.9 Å². The number of esters is 2. The maximum atomic E-state index is 12.3. The summed E-state index contributed by atoms with van der Waals surface area (Å²) in [5, 5.41) is 1.43. The van der Waals surface area contributed by atoms with Crippen LogP contribution in [0.25, 0.3) is 0 Å². The molecule has 0 atom stereocenters. The summed E-state index contributed by atoms with van der Waals surface area (Å²) in [6, 6.07) is 18.2. The molecular weight excluding hydrogens is 335 g/mol. The van der Waals surface area contributed by atoms with E-state index in [0.29, 0.717) is 10.6 Å². The van der Waals surface area contributed by atoms with E-state index < -0.39 is 24.2 Å². The van der Waals surface area contributed by atoms with Crippen LogP contribution in [0.2, 0.25) is 0 Å². The lowest BCUT2D eigenvalue weighted by atomic mass is 10.4. The second kappa shape index (κ2) is 7.58. The van der Waals surface area contributed by atoms with Gasteiger partial charge in [0.2, 0.25) is 6.62 Å². The first kappa shape index (κ1) is 17.5. The van der Waals surface area contributed by atoms with Gasteiger partial charge in [-0.15, -0.1) is 0 Å². The summed E-state index contributed by atoms with van der Waals surface area (Å²) in [4.78, 5) is 24.7. The van der Waals surface area contributed by atoms with Gasteiger partial charge in [0.1, 0.15) is 10.6 Å². The van der Waals surface area contributed by atoms with Gasteiger partial charge in [-0.1, -0.05) is 36.4 Å². The van der Waals surface area contributed by atoms with Crippen LogP contribution in [0.4, 0.5) is 0 Å². The van der Waals surface area contributed by atoms with Gasteiger partial charge < -0.3 is 9.47 Å². The first-order chi connectivity index (χ1) is 11.1. The van der Waals surface area contributed by atoms with Crippen LogP contribution in [0.1, 0.15) is 0 Å². The summed E-state index contributed by atoms with van der Waals surface area (Å²) < 4.78 is 9.66. The Kier molecular flexibility index (Phi) is 5.75. The van der Waals surface area contributed by atoms with Crippen molar-refractivity contribution < 1.29 is 19.1 Å². The van der Waals surface area contributed by atoms with Crippen LogP contribution in [0, 0.1) is 0 Å². The molecule has 0 radical (unpaired) electrons. The van der Waals surface area contributed by atoms with Crippen LogP contribution in [0.15, 0.2) is 60.7 Å². The molecule has 6 heteroatoms. The van der Waals surface area contributed by atoms with Crippen LogP contribution in [-0.2, 0) is 19.1 Å². The Morgan fingerprint density at radius 2 is 1.17 bits per heavy atom. The van der Waals surface area contributed by atoms with Gasteiger partial charge in [0, 0.05) is 0 Å². The predicted octanol–water partition coefficient (Wildman–Crippen LogP) is 2.52. The molecule has 0 N–H and O–H groups in total. The average Bonchev–Trinajstić information content (AvgIpc) is 2.62. The van der Waals surface area contributed by atoms with Crippen molar-refractivity contribution in [2.75, 3.05) is 14.2 Å². The molecular formula is C17H17ClO4P+. The van der Waals surface area contributed by atoms with Crippen LogP contribution in [-0.4, -0.2) is 31.8 Å². The topological polar surface area (TPSA) is 52.6 Å². The number of hydrogen-bond acceptors (Lipinski definition) is 4. The molecule has 0 saturated carbocycles. The third kappa shape index (κ3) is 3.39. The fourth-order valence-electron chi connectivity index (χ4n) is 2.35. The number of hydrogen-bond donors (Lipinski definition) is 0. The summed E-state index contributed by atoms with van der Waals surface area (Å²) in [7, 11) is 2.46. The third-order valence-corrected chi connectivity index (χ3v) is 8.46. The zero-order valence-corrected chi connectivity index (χ0v) is 14.5. The number of carbonyl (C=O) groups is 2. The van der Waals surface area contributed by atoms with E-state index in [1.54, 1.807) is 0 Å². The van der Waals surface area contributed by atoms with Crippen molar-refractivity contribution in [3.63, 3.8) is 0 Å². The molecule has 120 valence electrons. The number of benzene rings is 2. The highest BCUT2D eigenvalue weighted by Crippen LogP contribution is 2.66. The quantitative estimate of drug-likeness (QED) is 0.472. The Hall–Kier alpha value is -1.90. The molecule has 0 aliphatic rings. The van der Waals surface area contributed by atoms with Gasteiger partial charge in [-0.25, -0.2) is 9.59 Å². The van der Waals surface area contributed by atoms with Gasteiger partial charge in [-0.2, -0.15) is 0 Å². The minimum Gasteiger partial charge on any atom is -0.466 e. The van der Waals surface area contributed by atoms with Crippen LogP contribution < -0.4 is 10.6 Å². The number of ether oxygens (including phenoxy) is 2. The monoisotopic (exact) mass is 351 g/mol. The van der Waals surface area contributed by atoms with Gasteiger partial charge in [0.15, 0.2) is 0 Å². The Bertz CT molecular complexity index is 620. The average molecular weight is 352 g/mol. The lowest BCUT2D eigenvalue weighted by Crippen LogP contribution is -2.40. The Labute approximate surface area is 140 Å². The summed E-state index contributed by atoms with van der Waals surface area (Å²) in [5.74, 6) is -1.40. The lowest BCUT2D eigenvalue weighted by molar-refractivity contribution is -0.150. The standard InChI is InChI=1S/C17H17ClO4P/c1-21-16(19)15(17(20)22-2)23(18,13-9-5-3-6-10-13)14-11-7-4-8-12-14/h3-12,15H,1-2H3/q+1. The van der Waals surface area contributed by atoms with E-state index in [9.17, 15) is 9.59 Å². The fourth-order valence-corrected chi connectivity index (χ4v) is 6.40. The van der Waals surface area contributed by atoms with E-state index in [0.717, 1.165) is 0 Å². The summed E-state index contributed by atoms with van der Waals surface area (Å²) in [6.07, 6.45) is 0. The smallest absolute Gasteiger partial charge is 0.360 e. The molecule has 23 heavy (non-hydrogen) atoms. The van der Waals surface area contributed by atoms with Crippen molar-refractivity contribution in [1.29, 1.82) is 0 Å². The number of carbonyl (C=O) groups excluding carboxylic acids is 2. The third-order valence-electron chi connectivity index (χ3n) is 3.47. The van der Waals surface area contributed by atoms with E-state index in [1.165, 1.54) is 14.2 Å². The van der Waals surface area contributed by atoms with Crippen LogP contribution in [0.3, 0.4) is 0 Å². The lowest BCUT2D eigenvalue weighted by Gasteiger charge is -2.24. The Morgan fingerprint density at radius 3 is 1.48 bits per heavy atom. The van der Waals surface area contributed by atoms with Crippen LogP contribution in [0.5, 0.6) is 0 Å². The van der Waals surface area contributed by atoms with Gasteiger partial charge in [-0.3, -0.25) is 0 Å². The molecule has 2 aromatic rings. The first-order valence-electron chi connectivity index (χ1n) is 6.91. The first-order valence-corrected chi connectivity index (χ1v) is 9.67. The molecule has 0 saturated heterocycles. The zero-order chi connectivity index (χ0) is 16.9. The maximum Gasteiger partial charge on any atom is 0.360 e. The maximum absolute atomic E-state index is 12.3. The second-order valence-corrected chi connectivity index (χ2v) is 9.18. The van der Waals surface area contributed by atoms with Crippen LogP contribution >= 0.6 is 17.9 Å². The molecule has 0 amide bonds. The molecule has 4 nitrogen and oxygen atoms in total. The normalized spacial score (nSPS) is 11.1. The largest absolute Gasteiger partial charge is 0.466 e. The van der Waals surface area contributed by atoms with E-state index in [4.69, 9.17) is 20.7 Å². The molecule has 0 spiro atoms. The number of methoxy groups -OCH3 is 2. The van der Waals surface area contributed by atoms with Crippen molar-refractivity contribution in [3.8, 4) is 0 Å². The van der Waals surface area contributed by atoms with Crippen molar-refractivity contribution in [3.05, 3.63) is 60.7 Å². The molecule has 0 aromatic heterocycles. The zero-order valence-electron chi connectivity index (χ0n) is 12.8. The SMILES string of the molecule is COC(=O)C(C(=O)OC)[P+](Cl)(c1ccccc1)c1ccccc1. The van der Waals surface area contributed by atoms with Crippen molar-refractivity contribution in [2.45, 2.75) is 5.66 Å². The molecule has 2 aromatic carbocycles. The summed E-state index contributed by atoms with van der Waals surface area (Å²) >= 11 is 7.01.